The lowest BCUT2D eigenvalue weighted by atomic mass is 10.3. The van der Waals surface area contributed by atoms with Gasteiger partial charge >= 0.3 is 0 Å². The van der Waals surface area contributed by atoms with E-state index in [-0.39, 0.29) is 0 Å². The maximum atomic E-state index is 12.6. The molecule has 1 aromatic carbocycles. The van der Waals surface area contributed by atoms with E-state index >= 15 is 0 Å². The van der Waals surface area contributed by atoms with E-state index < -0.39 is 6.08 Å². The average Bonchev–Trinajstić information content (AvgIpc) is 2.39. The smallest absolute Gasteiger partial charge is 0.287 e. The van der Waals surface area contributed by atoms with Crippen molar-refractivity contribution in [3.05, 3.63) is 27.2 Å². The zero-order chi connectivity index (χ0) is 8.72. The van der Waals surface area contributed by atoms with Crippen molar-refractivity contribution in [3.8, 4) is 0 Å². The molecule has 0 fully saturated rings. The van der Waals surface area contributed by atoms with E-state index in [1.807, 2.05) is 6.07 Å². The van der Waals surface area contributed by atoms with Gasteiger partial charge in [0.2, 0.25) is 0 Å². The minimum atomic E-state index is -0.566. The van der Waals surface area contributed by atoms with Crippen molar-refractivity contribution in [1.82, 2.24) is 9.97 Å². The van der Waals surface area contributed by atoms with Gasteiger partial charge in [-0.15, -0.1) is 0 Å². The van der Waals surface area contributed by atoms with Gasteiger partial charge in [-0.3, -0.25) is 0 Å². The molecule has 0 bridgehead atoms. The fraction of sp³-hybridized carbons (Fsp3) is 0. The number of H-pyrrole nitrogens is 1. The molecule has 2 rings (SSSR count). The molecule has 0 atom stereocenters. The Kier molecular flexibility index (Phi) is 1.92. The zero-order valence-electron chi connectivity index (χ0n) is 5.74. The van der Waals surface area contributed by atoms with Gasteiger partial charge in [0.1, 0.15) is 5.52 Å². The SMILES string of the molecule is Fc1nc2c(Br)c(Br)ccc2[nH]1. The fourth-order valence-corrected chi connectivity index (χ4v) is 1.74. The summed E-state index contributed by atoms with van der Waals surface area (Å²) in [5.74, 6) is 0. The van der Waals surface area contributed by atoms with Crippen LogP contribution in [0, 0.1) is 6.08 Å². The topological polar surface area (TPSA) is 28.7 Å². The van der Waals surface area contributed by atoms with Crippen molar-refractivity contribution in [2.75, 3.05) is 0 Å². The Hall–Kier alpha value is -0.420. The molecule has 62 valence electrons. The minimum Gasteiger partial charge on any atom is -0.314 e. The van der Waals surface area contributed by atoms with Crippen LogP contribution >= 0.6 is 31.9 Å². The van der Waals surface area contributed by atoms with Gasteiger partial charge in [0.05, 0.1) is 9.99 Å². The third-order valence-electron chi connectivity index (χ3n) is 1.52. The number of nitrogens with zero attached hydrogens (tertiary/aromatic N) is 1. The normalized spacial score (nSPS) is 10.9. The molecule has 0 radical (unpaired) electrons. The summed E-state index contributed by atoms with van der Waals surface area (Å²) in [5, 5.41) is 0. The molecule has 0 saturated carbocycles. The maximum absolute atomic E-state index is 12.6. The molecule has 5 heteroatoms. The Bertz CT molecular complexity index is 438. The Morgan fingerprint density at radius 1 is 1.33 bits per heavy atom. The third kappa shape index (κ3) is 1.17. The third-order valence-corrected chi connectivity index (χ3v) is 3.51. The van der Waals surface area contributed by atoms with Crippen molar-refractivity contribution < 1.29 is 4.39 Å². The lowest BCUT2D eigenvalue weighted by molar-refractivity contribution is 0.556. The predicted molar refractivity (Wildman–Crippen MR) is 51.5 cm³/mol. The van der Waals surface area contributed by atoms with Crippen molar-refractivity contribution in [1.29, 1.82) is 0 Å². The molecule has 0 spiro atoms. The average molecular weight is 294 g/mol. The minimum absolute atomic E-state index is 0.566. The van der Waals surface area contributed by atoms with Gasteiger partial charge in [-0.2, -0.15) is 4.39 Å². The first-order valence-corrected chi connectivity index (χ1v) is 4.76. The van der Waals surface area contributed by atoms with E-state index in [9.17, 15) is 4.39 Å². The van der Waals surface area contributed by atoms with E-state index in [4.69, 9.17) is 0 Å². The highest BCUT2D eigenvalue weighted by Gasteiger charge is 2.07. The standard InChI is InChI=1S/C7H3Br2FN2/c8-3-1-2-4-6(5(3)9)12-7(10)11-4/h1-2H,(H,11,12). The number of nitrogens with one attached hydrogen (secondary N) is 1. The van der Waals surface area contributed by atoms with Crippen molar-refractivity contribution in [3.63, 3.8) is 0 Å². The summed E-state index contributed by atoms with van der Waals surface area (Å²) in [6, 6.07) is 3.59. The van der Waals surface area contributed by atoms with Crippen LogP contribution in [0.15, 0.2) is 21.1 Å². The molecule has 12 heavy (non-hydrogen) atoms. The number of hydrogen-bond acceptors (Lipinski definition) is 1. The number of aromatic nitrogens is 2. The molecule has 1 aromatic heterocycles. The van der Waals surface area contributed by atoms with E-state index in [1.54, 1.807) is 6.07 Å². The van der Waals surface area contributed by atoms with Crippen LogP contribution in [0.3, 0.4) is 0 Å². The Balaban J connectivity index is 2.89. The van der Waals surface area contributed by atoms with Gasteiger partial charge in [0.15, 0.2) is 0 Å². The van der Waals surface area contributed by atoms with Gasteiger partial charge in [-0.1, -0.05) is 0 Å². The summed E-state index contributed by atoms with van der Waals surface area (Å²) in [7, 11) is 0. The van der Waals surface area contributed by atoms with Gasteiger partial charge in [-0.05, 0) is 44.0 Å². The predicted octanol–water partition coefficient (Wildman–Crippen LogP) is 3.23. The number of benzene rings is 1. The highest BCUT2D eigenvalue weighted by Crippen LogP contribution is 2.29. The number of halogens is 3. The van der Waals surface area contributed by atoms with Crippen LogP contribution < -0.4 is 0 Å². The van der Waals surface area contributed by atoms with E-state index in [2.05, 4.69) is 41.8 Å². The molecular weight excluding hydrogens is 291 g/mol. The van der Waals surface area contributed by atoms with Gasteiger partial charge in [0.25, 0.3) is 6.08 Å². The lowest BCUT2D eigenvalue weighted by Crippen LogP contribution is -1.73. The van der Waals surface area contributed by atoms with Gasteiger partial charge in [0, 0.05) is 4.47 Å². The summed E-state index contributed by atoms with van der Waals surface area (Å²) < 4.78 is 14.3. The second-order valence-electron chi connectivity index (χ2n) is 2.29. The Labute approximate surface area is 84.4 Å². The lowest BCUT2D eigenvalue weighted by Gasteiger charge is -1.94. The zero-order valence-corrected chi connectivity index (χ0v) is 8.91. The van der Waals surface area contributed by atoms with Crippen LogP contribution in [0.5, 0.6) is 0 Å². The molecule has 0 aliphatic carbocycles. The van der Waals surface area contributed by atoms with E-state index in [0.29, 0.717) is 11.0 Å². The van der Waals surface area contributed by atoms with Crippen molar-refractivity contribution >= 4 is 42.9 Å². The number of aromatic amines is 1. The quantitative estimate of drug-likeness (QED) is 0.794. The van der Waals surface area contributed by atoms with E-state index in [0.717, 1.165) is 8.95 Å². The molecule has 2 aromatic rings. The van der Waals surface area contributed by atoms with Crippen LogP contribution in [0.4, 0.5) is 4.39 Å². The number of fused-ring (bicyclic) bond motifs is 1. The van der Waals surface area contributed by atoms with Gasteiger partial charge in [-0.25, -0.2) is 4.98 Å². The number of hydrogen-bond donors (Lipinski definition) is 1. The molecule has 0 amide bonds. The molecular formula is C7H3Br2FN2. The highest BCUT2D eigenvalue weighted by molar-refractivity contribution is 9.13. The Morgan fingerprint density at radius 2 is 2.08 bits per heavy atom. The highest BCUT2D eigenvalue weighted by atomic mass is 79.9. The monoisotopic (exact) mass is 292 g/mol. The second-order valence-corrected chi connectivity index (χ2v) is 3.93. The summed E-state index contributed by atoms with van der Waals surface area (Å²) in [5.41, 5.74) is 1.28. The second kappa shape index (κ2) is 2.81. The summed E-state index contributed by atoms with van der Waals surface area (Å²) in [6.45, 7) is 0. The number of rotatable bonds is 0. The molecule has 0 unspecified atom stereocenters. The molecule has 0 aliphatic heterocycles. The van der Waals surface area contributed by atoms with Crippen molar-refractivity contribution in [2.24, 2.45) is 0 Å². The molecule has 1 N–H and O–H groups in total. The van der Waals surface area contributed by atoms with Crippen LogP contribution in [0.25, 0.3) is 11.0 Å². The first-order valence-electron chi connectivity index (χ1n) is 3.17. The van der Waals surface area contributed by atoms with Crippen LogP contribution in [0.1, 0.15) is 0 Å². The summed E-state index contributed by atoms with van der Waals surface area (Å²) >= 11 is 6.60. The summed E-state index contributed by atoms with van der Waals surface area (Å²) in [6.07, 6.45) is -0.566. The van der Waals surface area contributed by atoms with E-state index in [1.165, 1.54) is 0 Å². The first-order chi connectivity index (χ1) is 5.68. The van der Waals surface area contributed by atoms with Crippen LogP contribution in [0.2, 0.25) is 0 Å². The Morgan fingerprint density at radius 3 is 2.83 bits per heavy atom. The van der Waals surface area contributed by atoms with Crippen LogP contribution in [-0.4, -0.2) is 9.97 Å². The first kappa shape index (κ1) is 8.19. The maximum Gasteiger partial charge on any atom is 0.287 e. The van der Waals surface area contributed by atoms with Crippen molar-refractivity contribution in [2.45, 2.75) is 0 Å². The van der Waals surface area contributed by atoms with Crippen LogP contribution in [-0.2, 0) is 0 Å². The largest absolute Gasteiger partial charge is 0.314 e. The fourth-order valence-electron chi connectivity index (χ4n) is 0.987. The molecule has 1 heterocycles. The number of imidazole rings is 1. The van der Waals surface area contributed by atoms with Gasteiger partial charge < -0.3 is 4.98 Å². The molecule has 2 nitrogen and oxygen atoms in total. The summed E-state index contributed by atoms with van der Waals surface area (Å²) in [4.78, 5) is 6.17. The molecule has 0 aliphatic rings. The molecule has 0 saturated heterocycles.